The molecule has 0 bridgehead atoms. The third kappa shape index (κ3) is 5.66. The molecule has 0 unspecified atom stereocenters. The maximum atomic E-state index is 11.8. The first kappa shape index (κ1) is 16.8. The van der Waals surface area contributed by atoms with Crippen LogP contribution >= 0.6 is 0 Å². The maximum absolute atomic E-state index is 11.8. The lowest BCUT2D eigenvalue weighted by Gasteiger charge is -2.27. The number of rotatable bonds is 8. The molecule has 0 aromatic heterocycles. The third-order valence-electron chi connectivity index (χ3n) is 3.90. The summed E-state index contributed by atoms with van der Waals surface area (Å²) in [6, 6.07) is 7.86. The largest absolute Gasteiger partial charge is 0.483 e. The summed E-state index contributed by atoms with van der Waals surface area (Å²) in [6.45, 7) is 8.26. The molecule has 0 saturated carbocycles. The van der Waals surface area contributed by atoms with Crippen LogP contribution in [0.1, 0.15) is 18.9 Å². The van der Waals surface area contributed by atoms with Crippen molar-refractivity contribution in [3.63, 3.8) is 0 Å². The van der Waals surface area contributed by atoms with Gasteiger partial charge in [0.15, 0.2) is 6.61 Å². The van der Waals surface area contributed by atoms with Gasteiger partial charge in [0.2, 0.25) is 0 Å². The molecule has 1 aliphatic heterocycles. The molecule has 1 aromatic carbocycles. The molecule has 1 saturated heterocycles. The highest BCUT2D eigenvalue weighted by molar-refractivity contribution is 5.77. The lowest BCUT2D eigenvalue weighted by molar-refractivity contribution is -0.123. The lowest BCUT2D eigenvalue weighted by atomic mass is 10.1. The summed E-state index contributed by atoms with van der Waals surface area (Å²) in [7, 11) is 0. The molecule has 1 heterocycles. The Hall–Kier alpha value is -1.59. The highest BCUT2D eigenvalue weighted by Gasteiger charge is 2.09. The first-order valence-electron chi connectivity index (χ1n) is 8.20. The smallest absolute Gasteiger partial charge is 0.257 e. The number of carbonyl (C=O) groups is 1. The maximum Gasteiger partial charge on any atom is 0.257 e. The van der Waals surface area contributed by atoms with Crippen LogP contribution in [0, 0.1) is 0 Å². The average molecular weight is 305 g/mol. The zero-order valence-electron chi connectivity index (χ0n) is 13.4. The zero-order valence-corrected chi connectivity index (χ0v) is 13.4. The second-order valence-electron chi connectivity index (χ2n) is 5.55. The van der Waals surface area contributed by atoms with Gasteiger partial charge in [-0.05, 0) is 31.0 Å². The van der Waals surface area contributed by atoms with Crippen molar-refractivity contribution in [1.29, 1.82) is 0 Å². The Morgan fingerprint density at radius 1 is 1.32 bits per heavy atom. The summed E-state index contributed by atoms with van der Waals surface area (Å²) >= 11 is 0. The highest BCUT2D eigenvalue weighted by atomic mass is 16.5. The summed E-state index contributed by atoms with van der Waals surface area (Å²) in [6.07, 6.45) is 1.89. The Kier molecular flexibility index (Phi) is 7.19. The van der Waals surface area contributed by atoms with Crippen molar-refractivity contribution in [1.82, 2.24) is 15.5 Å². The van der Waals surface area contributed by atoms with Gasteiger partial charge in [-0.1, -0.05) is 25.1 Å². The SMILES string of the molecule is CCc1ccccc1OCC(=O)NCCCN1CCNCC1. The highest BCUT2D eigenvalue weighted by Crippen LogP contribution is 2.17. The van der Waals surface area contributed by atoms with Crippen molar-refractivity contribution in [3.8, 4) is 5.75 Å². The second-order valence-corrected chi connectivity index (χ2v) is 5.55. The van der Waals surface area contributed by atoms with E-state index in [2.05, 4.69) is 22.5 Å². The summed E-state index contributed by atoms with van der Waals surface area (Å²) in [4.78, 5) is 14.2. The van der Waals surface area contributed by atoms with Gasteiger partial charge in [0.25, 0.3) is 5.91 Å². The fourth-order valence-corrected chi connectivity index (χ4v) is 2.60. The number of hydrogen-bond donors (Lipinski definition) is 2. The van der Waals surface area contributed by atoms with E-state index in [4.69, 9.17) is 4.74 Å². The molecule has 0 aliphatic carbocycles. The number of piperazine rings is 1. The minimum atomic E-state index is -0.0498. The quantitative estimate of drug-likeness (QED) is 0.705. The summed E-state index contributed by atoms with van der Waals surface area (Å²) in [5.74, 6) is 0.757. The van der Waals surface area contributed by atoms with Crippen LogP contribution in [0.5, 0.6) is 5.75 Å². The molecule has 2 N–H and O–H groups in total. The van der Waals surface area contributed by atoms with Gasteiger partial charge in [-0.3, -0.25) is 4.79 Å². The molecule has 0 spiro atoms. The van der Waals surface area contributed by atoms with E-state index in [1.807, 2.05) is 24.3 Å². The molecule has 5 nitrogen and oxygen atoms in total. The van der Waals surface area contributed by atoms with Crippen molar-refractivity contribution < 1.29 is 9.53 Å². The molecule has 0 atom stereocenters. The normalized spacial score (nSPS) is 15.5. The molecular weight excluding hydrogens is 278 g/mol. The number of amides is 1. The predicted molar refractivity (Wildman–Crippen MR) is 88.3 cm³/mol. The van der Waals surface area contributed by atoms with E-state index in [1.165, 1.54) is 0 Å². The van der Waals surface area contributed by atoms with Crippen molar-refractivity contribution in [3.05, 3.63) is 29.8 Å². The number of hydrogen-bond acceptors (Lipinski definition) is 4. The Balaban J connectivity index is 1.59. The molecule has 1 aromatic rings. The van der Waals surface area contributed by atoms with Gasteiger partial charge in [-0.25, -0.2) is 0 Å². The summed E-state index contributed by atoms with van der Waals surface area (Å²) in [5.41, 5.74) is 1.13. The number of benzene rings is 1. The van der Waals surface area contributed by atoms with E-state index in [9.17, 15) is 4.79 Å². The number of para-hydroxylation sites is 1. The van der Waals surface area contributed by atoms with Crippen molar-refractivity contribution in [2.75, 3.05) is 45.9 Å². The fourth-order valence-electron chi connectivity index (χ4n) is 2.60. The van der Waals surface area contributed by atoms with Crippen LogP contribution < -0.4 is 15.4 Å². The minimum Gasteiger partial charge on any atom is -0.483 e. The molecule has 1 amide bonds. The molecule has 5 heteroatoms. The Morgan fingerprint density at radius 3 is 2.86 bits per heavy atom. The van der Waals surface area contributed by atoms with Gasteiger partial charge < -0.3 is 20.3 Å². The van der Waals surface area contributed by atoms with E-state index in [1.54, 1.807) is 0 Å². The summed E-state index contributed by atoms with van der Waals surface area (Å²) in [5, 5.41) is 6.26. The van der Waals surface area contributed by atoms with E-state index in [0.717, 1.165) is 56.9 Å². The van der Waals surface area contributed by atoms with E-state index < -0.39 is 0 Å². The molecular formula is C17H27N3O2. The fraction of sp³-hybridized carbons (Fsp3) is 0.588. The van der Waals surface area contributed by atoms with Crippen LogP contribution in [0.3, 0.4) is 0 Å². The molecule has 0 radical (unpaired) electrons. The van der Waals surface area contributed by atoms with Crippen molar-refractivity contribution >= 4 is 5.91 Å². The number of ether oxygens (including phenoxy) is 1. The number of carbonyl (C=O) groups excluding carboxylic acids is 1. The van der Waals surface area contributed by atoms with Crippen LogP contribution in [-0.4, -0.2) is 56.7 Å². The van der Waals surface area contributed by atoms with E-state index in [0.29, 0.717) is 6.54 Å². The number of aryl methyl sites for hydroxylation is 1. The number of nitrogens with one attached hydrogen (secondary N) is 2. The van der Waals surface area contributed by atoms with Gasteiger partial charge >= 0.3 is 0 Å². The molecule has 122 valence electrons. The Bertz CT molecular complexity index is 459. The predicted octanol–water partition coefficient (Wildman–Crippen LogP) is 1.04. The third-order valence-corrected chi connectivity index (χ3v) is 3.90. The van der Waals surface area contributed by atoms with Crippen LogP contribution in [0.25, 0.3) is 0 Å². The average Bonchev–Trinajstić information content (AvgIpc) is 2.58. The second kappa shape index (κ2) is 9.43. The number of nitrogens with zero attached hydrogens (tertiary/aromatic N) is 1. The van der Waals surface area contributed by atoms with Gasteiger partial charge in [-0.2, -0.15) is 0 Å². The topological polar surface area (TPSA) is 53.6 Å². The monoisotopic (exact) mass is 305 g/mol. The van der Waals surface area contributed by atoms with Crippen LogP contribution in [0.2, 0.25) is 0 Å². The zero-order chi connectivity index (χ0) is 15.6. The standard InChI is InChI=1S/C17H27N3O2/c1-2-15-6-3-4-7-16(15)22-14-17(21)19-8-5-11-20-12-9-18-10-13-20/h3-4,6-7,18H,2,5,8-14H2,1H3,(H,19,21). The summed E-state index contributed by atoms with van der Waals surface area (Å²) < 4.78 is 5.61. The Labute approximate surface area is 133 Å². The minimum absolute atomic E-state index is 0.0498. The van der Waals surface area contributed by atoms with Gasteiger partial charge in [0, 0.05) is 32.7 Å². The van der Waals surface area contributed by atoms with Gasteiger partial charge in [0.1, 0.15) is 5.75 Å². The Morgan fingerprint density at radius 2 is 2.09 bits per heavy atom. The molecule has 1 fully saturated rings. The molecule has 1 aliphatic rings. The molecule has 2 rings (SSSR count). The van der Waals surface area contributed by atoms with Crippen molar-refractivity contribution in [2.45, 2.75) is 19.8 Å². The van der Waals surface area contributed by atoms with E-state index >= 15 is 0 Å². The van der Waals surface area contributed by atoms with Crippen LogP contribution in [0.4, 0.5) is 0 Å². The lowest BCUT2D eigenvalue weighted by Crippen LogP contribution is -2.44. The first-order valence-corrected chi connectivity index (χ1v) is 8.20. The molecule has 22 heavy (non-hydrogen) atoms. The van der Waals surface area contributed by atoms with Gasteiger partial charge in [-0.15, -0.1) is 0 Å². The first-order chi connectivity index (χ1) is 10.8. The van der Waals surface area contributed by atoms with Gasteiger partial charge in [0.05, 0.1) is 0 Å². The van der Waals surface area contributed by atoms with Crippen molar-refractivity contribution in [2.24, 2.45) is 0 Å². The van der Waals surface area contributed by atoms with E-state index in [-0.39, 0.29) is 12.5 Å². The van der Waals surface area contributed by atoms with Crippen LogP contribution in [0.15, 0.2) is 24.3 Å². The van der Waals surface area contributed by atoms with Crippen LogP contribution in [-0.2, 0) is 11.2 Å².